The molecule has 19 heavy (non-hydrogen) atoms. The number of rotatable bonds is 1. The third kappa shape index (κ3) is 2.24. The first kappa shape index (κ1) is 11.9. The molecule has 0 aliphatic rings. The molecule has 0 N–H and O–H groups in total. The Morgan fingerprint density at radius 1 is 0.895 bits per heavy atom. The third-order valence-corrected chi connectivity index (χ3v) is 3.14. The molecule has 3 rings (SSSR count). The maximum absolute atomic E-state index is 4.67. The molecule has 1 aromatic carbocycles. The van der Waals surface area contributed by atoms with E-state index in [1.807, 2.05) is 41.2 Å². The van der Waals surface area contributed by atoms with Crippen LogP contribution < -0.4 is 0 Å². The molecule has 0 fully saturated rings. The molecule has 0 bridgehead atoms. The van der Waals surface area contributed by atoms with Gasteiger partial charge in [-0.2, -0.15) is 5.10 Å². The molecule has 2 aromatic heterocycles. The average Bonchev–Trinajstić information content (AvgIpc) is 2.87. The number of pyridine rings is 1. The van der Waals surface area contributed by atoms with Crippen molar-refractivity contribution in [2.75, 3.05) is 0 Å². The van der Waals surface area contributed by atoms with E-state index in [1.54, 1.807) is 0 Å². The molecule has 0 radical (unpaired) electrons. The van der Waals surface area contributed by atoms with E-state index in [9.17, 15) is 0 Å². The molecule has 0 aliphatic heterocycles. The topological polar surface area (TPSA) is 30.7 Å². The average molecular weight is 251 g/mol. The minimum Gasteiger partial charge on any atom is -0.267 e. The van der Waals surface area contributed by atoms with Gasteiger partial charge in [0.15, 0.2) is 0 Å². The van der Waals surface area contributed by atoms with E-state index in [1.165, 1.54) is 0 Å². The number of nitrogens with zero attached hydrogens (tertiary/aromatic N) is 3. The van der Waals surface area contributed by atoms with Gasteiger partial charge in [0.1, 0.15) is 5.69 Å². The Labute approximate surface area is 112 Å². The van der Waals surface area contributed by atoms with Crippen LogP contribution in [0.2, 0.25) is 0 Å². The molecule has 0 saturated carbocycles. The standard InChI is InChI=1S/C16H17N3/c1-16(2,3)19-11-10-15(18-19)14-9-8-12-6-4-5-7-13(12)17-14/h4-11H,1-3H3. The quantitative estimate of drug-likeness (QED) is 0.657. The Balaban J connectivity index is 2.07. The van der Waals surface area contributed by atoms with Crippen molar-refractivity contribution in [3.8, 4) is 11.4 Å². The van der Waals surface area contributed by atoms with Crippen LogP contribution in [0.3, 0.4) is 0 Å². The fraction of sp³-hybridized carbons (Fsp3) is 0.250. The molecule has 0 spiro atoms. The second-order valence-electron chi connectivity index (χ2n) is 5.71. The molecule has 0 saturated heterocycles. The number of benzene rings is 1. The first-order chi connectivity index (χ1) is 9.04. The van der Waals surface area contributed by atoms with Gasteiger partial charge >= 0.3 is 0 Å². The van der Waals surface area contributed by atoms with Crippen LogP contribution in [0.15, 0.2) is 48.7 Å². The van der Waals surface area contributed by atoms with Crippen molar-refractivity contribution in [2.45, 2.75) is 26.3 Å². The van der Waals surface area contributed by atoms with Crippen molar-refractivity contribution in [2.24, 2.45) is 0 Å². The maximum Gasteiger partial charge on any atom is 0.111 e. The van der Waals surface area contributed by atoms with E-state index < -0.39 is 0 Å². The van der Waals surface area contributed by atoms with Crippen LogP contribution in [-0.2, 0) is 5.54 Å². The van der Waals surface area contributed by atoms with E-state index in [2.05, 4.69) is 43.0 Å². The van der Waals surface area contributed by atoms with Gasteiger partial charge in [0.25, 0.3) is 0 Å². The van der Waals surface area contributed by atoms with E-state index in [4.69, 9.17) is 0 Å². The summed E-state index contributed by atoms with van der Waals surface area (Å²) in [5.41, 5.74) is 2.84. The van der Waals surface area contributed by atoms with E-state index in [-0.39, 0.29) is 5.54 Å². The van der Waals surface area contributed by atoms with Crippen molar-refractivity contribution in [1.82, 2.24) is 14.8 Å². The molecule has 0 atom stereocenters. The van der Waals surface area contributed by atoms with E-state index >= 15 is 0 Å². The zero-order valence-corrected chi connectivity index (χ0v) is 11.5. The van der Waals surface area contributed by atoms with Crippen LogP contribution in [-0.4, -0.2) is 14.8 Å². The van der Waals surface area contributed by atoms with Crippen molar-refractivity contribution < 1.29 is 0 Å². The summed E-state index contributed by atoms with van der Waals surface area (Å²) in [5, 5.41) is 5.77. The molecule has 0 amide bonds. The molecular formula is C16H17N3. The van der Waals surface area contributed by atoms with Gasteiger partial charge < -0.3 is 0 Å². The molecule has 0 aliphatic carbocycles. The molecule has 3 nitrogen and oxygen atoms in total. The van der Waals surface area contributed by atoms with Gasteiger partial charge in [-0.3, -0.25) is 4.68 Å². The summed E-state index contributed by atoms with van der Waals surface area (Å²) < 4.78 is 1.97. The first-order valence-corrected chi connectivity index (χ1v) is 6.46. The van der Waals surface area contributed by atoms with Crippen molar-refractivity contribution in [3.63, 3.8) is 0 Å². The number of hydrogen-bond donors (Lipinski definition) is 0. The summed E-state index contributed by atoms with van der Waals surface area (Å²) in [6.07, 6.45) is 2.01. The fourth-order valence-corrected chi connectivity index (χ4v) is 2.04. The number of aromatic nitrogens is 3. The Kier molecular flexibility index (Phi) is 2.63. The first-order valence-electron chi connectivity index (χ1n) is 6.46. The maximum atomic E-state index is 4.67. The van der Waals surface area contributed by atoms with Crippen LogP contribution in [0.4, 0.5) is 0 Å². The molecule has 0 unspecified atom stereocenters. The summed E-state index contributed by atoms with van der Waals surface area (Å²) >= 11 is 0. The summed E-state index contributed by atoms with van der Waals surface area (Å²) in [5.74, 6) is 0. The number of para-hydroxylation sites is 1. The molecule has 96 valence electrons. The van der Waals surface area contributed by atoms with Gasteiger partial charge in [-0.15, -0.1) is 0 Å². The highest BCUT2D eigenvalue weighted by atomic mass is 15.3. The van der Waals surface area contributed by atoms with Crippen LogP contribution in [0.1, 0.15) is 20.8 Å². The monoisotopic (exact) mass is 251 g/mol. The fourth-order valence-electron chi connectivity index (χ4n) is 2.04. The summed E-state index contributed by atoms with van der Waals surface area (Å²) in [6.45, 7) is 6.41. The minimum absolute atomic E-state index is 0.00486. The SMILES string of the molecule is CC(C)(C)n1ccc(-c2ccc3ccccc3n2)n1. The summed E-state index contributed by atoms with van der Waals surface area (Å²) in [6, 6.07) is 14.3. The molecule has 3 aromatic rings. The van der Waals surface area contributed by atoms with Crippen LogP contribution in [0, 0.1) is 0 Å². The van der Waals surface area contributed by atoms with Gasteiger partial charge in [-0.05, 0) is 39.0 Å². The molecule has 3 heteroatoms. The number of hydrogen-bond acceptors (Lipinski definition) is 2. The predicted molar refractivity (Wildman–Crippen MR) is 78.0 cm³/mol. The zero-order chi connectivity index (χ0) is 13.5. The van der Waals surface area contributed by atoms with Gasteiger partial charge in [0.05, 0.1) is 16.7 Å². The summed E-state index contributed by atoms with van der Waals surface area (Å²) in [4.78, 5) is 4.67. The lowest BCUT2D eigenvalue weighted by atomic mass is 10.1. The lowest BCUT2D eigenvalue weighted by molar-refractivity contribution is 0.356. The van der Waals surface area contributed by atoms with E-state index in [0.29, 0.717) is 0 Å². The Morgan fingerprint density at radius 2 is 1.68 bits per heavy atom. The van der Waals surface area contributed by atoms with Gasteiger partial charge in [-0.25, -0.2) is 4.98 Å². The largest absolute Gasteiger partial charge is 0.267 e. The van der Waals surface area contributed by atoms with Gasteiger partial charge in [0.2, 0.25) is 0 Å². The predicted octanol–water partition coefficient (Wildman–Crippen LogP) is 3.85. The van der Waals surface area contributed by atoms with Gasteiger partial charge in [-0.1, -0.05) is 24.3 Å². The lowest BCUT2D eigenvalue weighted by Gasteiger charge is -2.18. The zero-order valence-electron chi connectivity index (χ0n) is 11.5. The van der Waals surface area contributed by atoms with Gasteiger partial charge in [0, 0.05) is 11.6 Å². The Bertz CT molecular complexity index is 720. The van der Waals surface area contributed by atoms with Crippen molar-refractivity contribution in [3.05, 3.63) is 48.7 Å². The van der Waals surface area contributed by atoms with Crippen LogP contribution >= 0.6 is 0 Å². The Hall–Kier alpha value is -2.16. The molecular weight excluding hydrogens is 234 g/mol. The van der Waals surface area contributed by atoms with Crippen LogP contribution in [0.25, 0.3) is 22.3 Å². The highest BCUT2D eigenvalue weighted by Gasteiger charge is 2.15. The Morgan fingerprint density at radius 3 is 2.42 bits per heavy atom. The lowest BCUT2D eigenvalue weighted by Crippen LogP contribution is -2.22. The van der Waals surface area contributed by atoms with E-state index in [0.717, 1.165) is 22.3 Å². The van der Waals surface area contributed by atoms with Crippen LogP contribution in [0.5, 0.6) is 0 Å². The summed E-state index contributed by atoms with van der Waals surface area (Å²) in [7, 11) is 0. The second kappa shape index (κ2) is 4.19. The minimum atomic E-state index is -0.00486. The second-order valence-corrected chi connectivity index (χ2v) is 5.71. The third-order valence-electron chi connectivity index (χ3n) is 3.14. The number of fused-ring (bicyclic) bond motifs is 1. The van der Waals surface area contributed by atoms with Crippen molar-refractivity contribution >= 4 is 10.9 Å². The molecule has 2 heterocycles. The normalized spacial score (nSPS) is 11.9. The smallest absolute Gasteiger partial charge is 0.111 e. The van der Waals surface area contributed by atoms with Crippen molar-refractivity contribution in [1.29, 1.82) is 0 Å². The highest BCUT2D eigenvalue weighted by molar-refractivity contribution is 5.80. The highest BCUT2D eigenvalue weighted by Crippen LogP contribution is 2.21.